The van der Waals surface area contributed by atoms with Crippen LogP contribution in [0.25, 0.3) is 11.1 Å². The summed E-state index contributed by atoms with van der Waals surface area (Å²) < 4.78 is 12.0. The van der Waals surface area contributed by atoms with E-state index in [-0.39, 0.29) is 23.6 Å². The normalized spacial score (nSPS) is 15.3. The molecule has 7 nitrogen and oxygen atoms in total. The first kappa shape index (κ1) is 30.2. The minimum absolute atomic E-state index is 0.0185. The van der Waals surface area contributed by atoms with Gasteiger partial charge >= 0.3 is 5.97 Å². The number of ether oxygens (including phenoxy) is 2. The number of fused-ring (bicyclic) bond motifs is 3. The van der Waals surface area contributed by atoms with Gasteiger partial charge < -0.3 is 25.6 Å². The highest BCUT2D eigenvalue weighted by Gasteiger charge is 2.29. The van der Waals surface area contributed by atoms with E-state index in [1.165, 1.54) is 11.8 Å². The number of carbonyl (C=O) groups excluding carboxylic acids is 1. The summed E-state index contributed by atoms with van der Waals surface area (Å²) in [6.45, 7) is 5.98. The van der Waals surface area contributed by atoms with Crippen LogP contribution in [0.2, 0.25) is 0 Å². The molecule has 4 rings (SSSR count). The van der Waals surface area contributed by atoms with Crippen molar-refractivity contribution in [3.63, 3.8) is 0 Å². The first-order valence-corrected chi connectivity index (χ1v) is 15.0. The van der Waals surface area contributed by atoms with E-state index in [0.717, 1.165) is 45.5 Å². The molecule has 0 spiro atoms. The minimum atomic E-state index is -0.883. The van der Waals surface area contributed by atoms with E-state index in [2.05, 4.69) is 5.32 Å². The molecule has 0 radical (unpaired) electrons. The lowest BCUT2D eigenvalue weighted by molar-refractivity contribution is -0.135. The summed E-state index contributed by atoms with van der Waals surface area (Å²) in [6, 6.07) is 13.2. The van der Waals surface area contributed by atoms with Crippen LogP contribution in [0.15, 0.2) is 70.0 Å². The van der Waals surface area contributed by atoms with E-state index in [0.29, 0.717) is 29.2 Å². The van der Waals surface area contributed by atoms with Crippen molar-refractivity contribution in [2.45, 2.75) is 63.4 Å². The standard InChI is InChI=1S/C33H38N2O5S/c1-6-19(3)35-27-14-10-21-17-29(40-33(38)26(34)16-20-8-11-22(36)12-9-20)23(7-2)32(39-4)31(21)24-13-15-30(41-5)28(37)18-25(24)27/h6,8-9,11-13,15,17-18,26-27,35-36H,7,10,14,16,34H2,1-5H3/b19-6+/t26?,27-/m0/s1. The molecule has 0 aliphatic heterocycles. The van der Waals surface area contributed by atoms with Crippen molar-refractivity contribution in [1.29, 1.82) is 0 Å². The second kappa shape index (κ2) is 13.3. The molecule has 0 bridgehead atoms. The van der Waals surface area contributed by atoms with Crippen LogP contribution in [-0.2, 0) is 24.1 Å². The summed E-state index contributed by atoms with van der Waals surface area (Å²) in [5, 5.41) is 13.1. The van der Waals surface area contributed by atoms with E-state index in [1.54, 1.807) is 37.4 Å². The lowest BCUT2D eigenvalue weighted by atomic mass is 9.92. The van der Waals surface area contributed by atoms with Gasteiger partial charge in [-0.25, -0.2) is 4.79 Å². The van der Waals surface area contributed by atoms with Gasteiger partial charge in [0, 0.05) is 16.8 Å². The first-order chi connectivity index (χ1) is 19.7. The van der Waals surface area contributed by atoms with Crippen LogP contribution in [0.5, 0.6) is 17.2 Å². The summed E-state index contributed by atoms with van der Waals surface area (Å²) in [5.74, 6) is 0.675. The Labute approximate surface area is 245 Å². The van der Waals surface area contributed by atoms with Crippen molar-refractivity contribution < 1.29 is 19.4 Å². The Morgan fingerprint density at radius 1 is 1.22 bits per heavy atom. The molecule has 3 aromatic rings. The number of hydrogen-bond acceptors (Lipinski definition) is 8. The number of esters is 1. The molecule has 0 amide bonds. The Hall–Kier alpha value is -3.75. The van der Waals surface area contributed by atoms with Gasteiger partial charge in [0.25, 0.3) is 0 Å². The molecule has 1 aliphatic carbocycles. The summed E-state index contributed by atoms with van der Waals surface area (Å²) in [4.78, 5) is 27.0. The van der Waals surface area contributed by atoms with Crippen molar-refractivity contribution in [3.8, 4) is 28.4 Å². The number of aromatic hydroxyl groups is 1. The predicted molar refractivity (Wildman–Crippen MR) is 165 cm³/mol. The summed E-state index contributed by atoms with van der Waals surface area (Å²) in [5.41, 5.74) is 12.6. The Morgan fingerprint density at radius 3 is 2.59 bits per heavy atom. The van der Waals surface area contributed by atoms with E-state index in [4.69, 9.17) is 15.2 Å². The number of benzene rings is 2. The highest BCUT2D eigenvalue weighted by atomic mass is 32.2. The van der Waals surface area contributed by atoms with Gasteiger partial charge in [-0.3, -0.25) is 4.79 Å². The molecule has 41 heavy (non-hydrogen) atoms. The van der Waals surface area contributed by atoms with Crippen molar-refractivity contribution in [2.24, 2.45) is 5.73 Å². The topological polar surface area (TPSA) is 111 Å². The lowest BCUT2D eigenvalue weighted by Gasteiger charge is -2.21. The fourth-order valence-corrected chi connectivity index (χ4v) is 5.76. The number of phenols is 1. The number of nitrogens with two attached hydrogens (primary N) is 1. The second-order valence-corrected chi connectivity index (χ2v) is 11.0. The molecule has 2 atom stereocenters. The Morgan fingerprint density at radius 2 is 1.95 bits per heavy atom. The molecule has 216 valence electrons. The molecular weight excluding hydrogens is 536 g/mol. The molecule has 0 aromatic heterocycles. The number of carbonyl (C=O) groups is 1. The largest absolute Gasteiger partial charge is 0.508 e. The van der Waals surface area contributed by atoms with Crippen LogP contribution in [0.1, 0.15) is 55.5 Å². The zero-order valence-corrected chi connectivity index (χ0v) is 25.1. The van der Waals surface area contributed by atoms with Crippen LogP contribution in [-0.4, -0.2) is 30.5 Å². The van der Waals surface area contributed by atoms with Gasteiger partial charge in [-0.05, 0) is 98.4 Å². The number of rotatable bonds is 9. The molecule has 0 heterocycles. The van der Waals surface area contributed by atoms with Gasteiger partial charge in [-0.15, -0.1) is 11.8 Å². The third kappa shape index (κ3) is 6.60. The van der Waals surface area contributed by atoms with Gasteiger partial charge in [0.05, 0.1) is 18.0 Å². The molecular formula is C33H38N2O5S. The molecule has 1 unspecified atom stereocenters. The van der Waals surface area contributed by atoms with Crippen molar-refractivity contribution in [1.82, 2.24) is 5.32 Å². The van der Waals surface area contributed by atoms with Gasteiger partial charge in [0.2, 0.25) is 0 Å². The van der Waals surface area contributed by atoms with Crippen LogP contribution in [0.3, 0.4) is 0 Å². The molecule has 0 saturated heterocycles. The number of allylic oxidation sites excluding steroid dienone is 2. The van der Waals surface area contributed by atoms with Gasteiger partial charge in [0.1, 0.15) is 23.3 Å². The van der Waals surface area contributed by atoms with Crippen molar-refractivity contribution in [3.05, 3.63) is 92.8 Å². The Balaban J connectivity index is 1.81. The number of aryl methyl sites for hydroxylation is 1. The lowest BCUT2D eigenvalue weighted by Crippen LogP contribution is -2.36. The second-order valence-electron chi connectivity index (χ2n) is 10.2. The quantitative estimate of drug-likeness (QED) is 0.170. The fraction of sp³-hybridized carbons (Fsp3) is 0.333. The molecule has 4 N–H and O–H groups in total. The minimum Gasteiger partial charge on any atom is -0.508 e. The van der Waals surface area contributed by atoms with Gasteiger partial charge in [-0.1, -0.05) is 31.2 Å². The van der Waals surface area contributed by atoms with Crippen LogP contribution < -0.4 is 26.0 Å². The predicted octanol–water partition coefficient (Wildman–Crippen LogP) is 5.69. The first-order valence-electron chi connectivity index (χ1n) is 13.8. The van der Waals surface area contributed by atoms with E-state index in [9.17, 15) is 14.7 Å². The fourth-order valence-electron chi connectivity index (χ4n) is 5.30. The maximum absolute atomic E-state index is 13.2. The highest BCUT2D eigenvalue weighted by Crippen LogP contribution is 2.47. The van der Waals surface area contributed by atoms with Gasteiger partial charge in [-0.2, -0.15) is 0 Å². The van der Waals surface area contributed by atoms with E-state index in [1.807, 2.05) is 51.3 Å². The summed E-state index contributed by atoms with van der Waals surface area (Å²) >= 11 is 1.43. The zero-order chi connectivity index (χ0) is 29.7. The molecule has 0 fully saturated rings. The number of methoxy groups -OCH3 is 1. The molecule has 0 saturated carbocycles. The zero-order valence-electron chi connectivity index (χ0n) is 24.2. The number of thioether (sulfide) groups is 1. The van der Waals surface area contributed by atoms with Crippen LogP contribution >= 0.6 is 11.8 Å². The van der Waals surface area contributed by atoms with Gasteiger partial charge in [0.15, 0.2) is 5.43 Å². The molecule has 8 heteroatoms. The maximum atomic E-state index is 13.2. The Kier molecular flexibility index (Phi) is 9.78. The third-order valence-corrected chi connectivity index (χ3v) is 8.31. The number of hydrogen-bond donors (Lipinski definition) is 3. The molecule has 1 aliphatic rings. The highest BCUT2D eigenvalue weighted by molar-refractivity contribution is 7.98. The Bertz CT molecular complexity index is 1520. The SMILES string of the molecule is C/C=C(\C)N[C@H]1CCc2cc(OC(=O)C(N)Cc3ccc(O)cc3)c(CC)c(OC)c2-c2ccc(SC)c(=O)cc21. The van der Waals surface area contributed by atoms with Crippen LogP contribution in [0.4, 0.5) is 0 Å². The number of nitrogens with one attached hydrogen (secondary N) is 1. The van der Waals surface area contributed by atoms with E-state index < -0.39 is 12.0 Å². The number of phenolic OH excluding ortho intramolecular Hbond substituents is 1. The third-order valence-electron chi connectivity index (χ3n) is 7.53. The summed E-state index contributed by atoms with van der Waals surface area (Å²) in [7, 11) is 1.62. The van der Waals surface area contributed by atoms with Crippen molar-refractivity contribution >= 4 is 17.7 Å². The monoisotopic (exact) mass is 574 g/mol. The molecule has 3 aromatic carbocycles. The average molecular weight is 575 g/mol. The average Bonchev–Trinajstić information content (AvgIpc) is 3.21. The summed E-state index contributed by atoms with van der Waals surface area (Å²) in [6.07, 6.45) is 6.16. The smallest absolute Gasteiger partial charge is 0.328 e. The van der Waals surface area contributed by atoms with Crippen LogP contribution in [0, 0.1) is 0 Å². The maximum Gasteiger partial charge on any atom is 0.328 e. The van der Waals surface area contributed by atoms with E-state index >= 15 is 0 Å². The van der Waals surface area contributed by atoms with Crippen molar-refractivity contribution in [2.75, 3.05) is 13.4 Å².